The van der Waals surface area contributed by atoms with Crippen LogP contribution in [0.4, 0.5) is 21.8 Å². The van der Waals surface area contributed by atoms with Crippen molar-refractivity contribution >= 4 is 65.4 Å². The first-order valence-electron chi connectivity index (χ1n) is 17.6. The maximum atomic E-state index is 13.8. The van der Waals surface area contributed by atoms with E-state index in [0.717, 1.165) is 10.9 Å². The molecule has 0 spiro atoms. The summed E-state index contributed by atoms with van der Waals surface area (Å²) in [6.07, 6.45) is -5.67. The van der Waals surface area contributed by atoms with E-state index in [2.05, 4.69) is 50.8 Å². The number of nitrogen functional groups attached to an aromatic ring is 2. The van der Waals surface area contributed by atoms with Crippen LogP contribution in [0, 0.1) is 6.08 Å². The van der Waals surface area contributed by atoms with Crippen LogP contribution in [0.2, 0.25) is 0 Å². The first-order chi connectivity index (χ1) is 28.5. The number of phosphoric acid groups is 1. The van der Waals surface area contributed by atoms with E-state index in [1.165, 1.54) is 18.3 Å². The summed E-state index contributed by atoms with van der Waals surface area (Å²) in [5.41, 5.74) is 11.6. The fourth-order valence-corrected chi connectivity index (χ4v) is 6.56. The predicted molar refractivity (Wildman–Crippen MR) is 201 cm³/mol. The minimum Gasteiger partial charge on any atom is -0.480 e. The summed E-state index contributed by atoms with van der Waals surface area (Å²) in [5, 5.41) is 48.2. The van der Waals surface area contributed by atoms with Crippen LogP contribution in [0.1, 0.15) is 35.1 Å². The number of ether oxygens (including phenoxy) is 1. The highest BCUT2D eigenvalue weighted by atomic mass is 31.2. The lowest BCUT2D eigenvalue weighted by atomic mass is 10.1. The number of halogens is 1. The van der Waals surface area contributed by atoms with Gasteiger partial charge in [0.1, 0.15) is 24.4 Å². The molecule has 26 nitrogen and oxygen atoms in total. The molecule has 1 aliphatic rings. The van der Waals surface area contributed by atoms with Gasteiger partial charge in [-0.05, 0) is 30.7 Å². The van der Waals surface area contributed by atoms with Gasteiger partial charge in [-0.3, -0.25) is 33.0 Å². The number of hydrogen-bond donors (Lipinski definition) is 11. The molecule has 1 aliphatic heterocycles. The zero-order valence-corrected chi connectivity index (χ0v) is 31.7. The van der Waals surface area contributed by atoms with E-state index in [0.29, 0.717) is 11.4 Å². The zero-order chi connectivity index (χ0) is 43.3. The van der Waals surface area contributed by atoms with Gasteiger partial charge in [-0.2, -0.15) is 19.3 Å². The molecule has 0 bridgehead atoms. The number of phosphoric ester groups is 1. The van der Waals surface area contributed by atoms with Gasteiger partial charge < -0.3 is 57.5 Å². The fraction of sp³-hybridized carbons (Fsp3) is 0.375. The Labute approximate surface area is 334 Å². The molecule has 0 saturated carbocycles. The normalized spacial score (nSPS) is 19.8. The second-order valence-electron chi connectivity index (χ2n) is 13.1. The van der Waals surface area contributed by atoms with Crippen LogP contribution in [0.25, 0.3) is 22.3 Å². The molecule has 5 unspecified atom stereocenters. The van der Waals surface area contributed by atoms with E-state index in [4.69, 9.17) is 25.3 Å². The highest BCUT2D eigenvalue weighted by molar-refractivity contribution is 7.47. The summed E-state index contributed by atoms with van der Waals surface area (Å²) in [4.78, 5) is 85.2. The number of aromatic nitrogens is 8. The molecule has 13 N–H and O–H groups in total. The number of carbonyl (C=O) groups excluding carboxylic acids is 2. The van der Waals surface area contributed by atoms with Crippen LogP contribution in [0.5, 0.6) is 0 Å². The average molecular weight is 862 g/mol. The van der Waals surface area contributed by atoms with E-state index in [1.54, 1.807) is 12.1 Å². The van der Waals surface area contributed by atoms with Crippen LogP contribution in [-0.2, 0) is 34.5 Å². The number of aliphatic carboxylic acids is 1. The largest absolute Gasteiger partial charge is 0.480 e. The van der Waals surface area contributed by atoms with Crippen LogP contribution in [0.15, 0.2) is 41.6 Å². The Balaban J connectivity index is 0.934. The van der Waals surface area contributed by atoms with Crippen molar-refractivity contribution in [1.29, 1.82) is 0 Å². The Morgan fingerprint density at radius 3 is 2.50 bits per heavy atom. The van der Waals surface area contributed by atoms with E-state index >= 15 is 0 Å². The number of anilines is 3. The summed E-state index contributed by atoms with van der Waals surface area (Å²) < 4.78 is 42.8. The maximum absolute atomic E-state index is 13.8. The number of nitrogens with one attached hydrogen (secondary N) is 4. The molecule has 0 aliphatic carbocycles. The van der Waals surface area contributed by atoms with Gasteiger partial charge in [-0.1, -0.05) is 0 Å². The van der Waals surface area contributed by atoms with Gasteiger partial charge in [0, 0.05) is 17.7 Å². The number of amides is 2. The van der Waals surface area contributed by atoms with Gasteiger partial charge in [0.05, 0.1) is 50.6 Å². The Morgan fingerprint density at radius 1 is 1.03 bits per heavy atom. The van der Waals surface area contributed by atoms with E-state index in [-0.39, 0.29) is 52.6 Å². The Morgan fingerprint density at radius 2 is 1.78 bits per heavy atom. The molecule has 60 heavy (non-hydrogen) atoms. The second-order valence-corrected chi connectivity index (χ2v) is 14.5. The van der Waals surface area contributed by atoms with Crippen molar-refractivity contribution in [1.82, 2.24) is 50.1 Å². The number of H-pyrrole nitrogens is 1. The molecule has 4 aromatic heterocycles. The number of benzene rings is 1. The third kappa shape index (κ3) is 10.3. The number of imidazole rings is 1. The minimum atomic E-state index is -4.95. The quantitative estimate of drug-likeness (QED) is 0.0325. The molecule has 0 radical (unpaired) electrons. The molecule has 7 atom stereocenters. The van der Waals surface area contributed by atoms with Gasteiger partial charge in [0.15, 0.2) is 34.4 Å². The van der Waals surface area contributed by atoms with E-state index in [1.807, 2.05) is 0 Å². The second kappa shape index (κ2) is 18.3. The lowest BCUT2D eigenvalue weighted by Crippen LogP contribution is -2.44. The molecule has 6 rings (SSSR count). The molecule has 1 fully saturated rings. The third-order valence-electron chi connectivity index (χ3n) is 8.83. The molecule has 5 aromatic rings. The highest BCUT2D eigenvalue weighted by Crippen LogP contribution is 2.44. The molecule has 1 aromatic carbocycles. The topological polar surface area (TPSA) is 400 Å². The average Bonchev–Trinajstić information content (AvgIpc) is 3.75. The number of nitrogens with two attached hydrogens (primary N) is 2. The van der Waals surface area contributed by atoms with Gasteiger partial charge in [0.2, 0.25) is 11.9 Å². The van der Waals surface area contributed by atoms with Gasteiger partial charge in [-0.25, -0.2) is 24.3 Å². The predicted octanol–water partition coefficient (Wildman–Crippen LogP) is -2.34. The molecule has 1 saturated heterocycles. The number of rotatable bonds is 18. The molecule has 28 heteroatoms. The third-order valence-corrected chi connectivity index (χ3v) is 9.78. The minimum absolute atomic E-state index is 0.00233. The number of aromatic amines is 1. The summed E-state index contributed by atoms with van der Waals surface area (Å²) in [5.74, 6) is -3.39. The summed E-state index contributed by atoms with van der Waals surface area (Å²) in [7, 11) is -4.95. The summed E-state index contributed by atoms with van der Waals surface area (Å²) >= 11 is 0. The number of carbonyl (C=O) groups is 3. The molecular formula is C32H37FN13O13P. The van der Waals surface area contributed by atoms with Gasteiger partial charge >= 0.3 is 19.9 Å². The number of nitrogens with zero attached hydrogens (tertiary/aromatic N) is 7. The van der Waals surface area contributed by atoms with Crippen LogP contribution < -0.4 is 33.0 Å². The number of aliphatic hydroxyl groups is 3. The molecule has 2 amide bonds. The lowest BCUT2D eigenvalue weighted by Gasteiger charge is -2.21. The SMILES string of the molecule is Nc1nc2ncc(CNc3ccc(C(=O)NC(CCC(=O)NC(CO)COP(=O)(O)OCC4OC(n5cnc6c(N)nc(F)nc65)[C@H](O)[C@H]4O)C(=O)O)cc3)nc2c(=O)[nH]1. The standard InChI is InChI=1S/C32H37FN13O13P/c33-31-42-24(34)20-26(44-31)46(12-38-20)29-23(50)22(49)18(59-29)11-58-60(55,56)57-10-16(9-47)39-19(48)6-5-17(30(53)54)41-27(51)13-1-3-14(4-2-13)36-7-15-8-37-25-21(40-15)28(52)45-32(35)43-25/h1-4,8,12,16-18,22-23,29,36,47,49-50H,5-7,9-11H2,(H,39,48)(H,41,51)(H,53,54)(H,55,56)(H2,34,42,44)(H3,35,37,43,45,52)/t16?,17?,18?,22-,23+,29?/m0/s1. The van der Waals surface area contributed by atoms with Crippen LogP contribution in [0.3, 0.4) is 0 Å². The smallest absolute Gasteiger partial charge is 0.472 e. The van der Waals surface area contributed by atoms with Crippen LogP contribution in [-0.4, -0.2) is 133 Å². The Bertz CT molecular complexity index is 2490. The Hall–Kier alpha value is -6.32. The number of aliphatic hydroxyl groups excluding tert-OH is 3. The van der Waals surface area contributed by atoms with E-state index < -0.39 is 100 Å². The van der Waals surface area contributed by atoms with Crippen molar-refractivity contribution in [2.24, 2.45) is 0 Å². The van der Waals surface area contributed by atoms with Crippen LogP contribution >= 0.6 is 7.82 Å². The highest BCUT2D eigenvalue weighted by Gasteiger charge is 2.45. The number of carboxylic acid groups (broad SMARTS) is 1. The molecular weight excluding hydrogens is 824 g/mol. The van der Waals surface area contributed by atoms with Crippen molar-refractivity contribution in [3.63, 3.8) is 0 Å². The van der Waals surface area contributed by atoms with Crippen molar-refractivity contribution in [3.05, 3.63) is 64.5 Å². The van der Waals surface area contributed by atoms with Crippen molar-refractivity contribution in [3.8, 4) is 0 Å². The van der Waals surface area contributed by atoms with Gasteiger partial charge in [-0.15, -0.1) is 0 Å². The van der Waals surface area contributed by atoms with E-state index in [9.17, 15) is 53.5 Å². The maximum Gasteiger partial charge on any atom is 0.472 e. The Kier molecular flexibility index (Phi) is 13.2. The fourth-order valence-electron chi connectivity index (χ4n) is 5.79. The summed E-state index contributed by atoms with van der Waals surface area (Å²) in [6, 6.07) is 3.14. The zero-order valence-electron chi connectivity index (χ0n) is 30.8. The van der Waals surface area contributed by atoms with Crippen molar-refractivity contribution < 1.29 is 62.4 Å². The monoisotopic (exact) mass is 861 g/mol. The number of fused-ring (bicyclic) bond motifs is 2. The lowest BCUT2D eigenvalue weighted by molar-refractivity contribution is -0.139. The molecule has 5 heterocycles. The number of carboxylic acids is 1. The number of hydrogen-bond acceptors (Lipinski definition) is 20. The van der Waals surface area contributed by atoms with Gasteiger partial charge in [0.25, 0.3) is 11.5 Å². The molecule has 320 valence electrons. The first-order valence-corrected chi connectivity index (χ1v) is 19.1. The first kappa shape index (κ1) is 43.3. The summed E-state index contributed by atoms with van der Waals surface area (Å²) in [6.45, 7) is -2.21. The van der Waals surface area contributed by atoms with Crippen molar-refractivity contribution in [2.45, 2.75) is 56.0 Å². The van der Waals surface area contributed by atoms with Crippen molar-refractivity contribution in [2.75, 3.05) is 36.6 Å².